The van der Waals surface area contributed by atoms with Gasteiger partial charge in [-0.1, -0.05) is 41.1 Å². The number of aromatic nitrogens is 1. The number of fused-ring (bicyclic) bond motifs is 2. The maximum absolute atomic E-state index is 13.0. The maximum Gasteiger partial charge on any atom is 0.287 e. The Morgan fingerprint density at radius 3 is 2.71 bits per heavy atom. The Labute approximate surface area is 227 Å². The van der Waals surface area contributed by atoms with Crippen LogP contribution in [0.3, 0.4) is 0 Å². The van der Waals surface area contributed by atoms with Crippen LogP contribution < -0.4 is 20.2 Å². The smallest absolute Gasteiger partial charge is 0.287 e. The summed E-state index contributed by atoms with van der Waals surface area (Å²) in [5, 5.41) is 4.22. The summed E-state index contributed by atoms with van der Waals surface area (Å²) in [6.45, 7) is 3.41. The van der Waals surface area contributed by atoms with Crippen LogP contribution in [-0.4, -0.2) is 24.0 Å². The molecule has 2 aromatic heterocycles. The number of hydrogen-bond acceptors (Lipinski definition) is 5. The number of aromatic amines is 1. The number of ether oxygens (including phenoxy) is 2. The van der Waals surface area contributed by atoms with E-state index in [0.717, 1.165) is 38.7 Å². The lowest BCUT2D eigenvalue weighted by molar-refractivity contribution is 0.0927. The van der Waals surface area contributed by atoms with Crippen molar-refractivity contribution in [3.05, 3.63) is 105 Å². The van der Waals surface area contributed by atoms with Gasteiger partial charge < -0.3 is 24.2 Å². The van der Waals surface area contributed by atoms with E-state index in [2.05, 4.69) is 33.2 Å². The zero-order valence-electron chi connectivity index (χ0n) is 20.9. The second-order valence-electron chi connectivity index (χ2n) is 8.89. The molecule has 2 N–H and O–H groups in total. The summed E-state index contributed by atoms with van der Waals surface area (Å²) in [5.41, 5.74) is 3.00. The molecule has 2 heterocycles. The van der Waals surface area contributed by atoms with Crippen molar-refractivity contribution < 1.29 is 18.7 Å². The first-order chi connectivity index (χ1) is 18.5. The monoisotopic (exact) mass is 574 g/mol. The Morgan fingerprint density at radius 2 is 1.89 bits per heavy atom. The van der Waals surface area contributed by atoms with Crippen molar-refractivity contribution in [1.82, 2.24) is 10.3 Å². The van der Waals surface area contributed by atoms with Gasteiger partial charge in [-0.3, -0.25) is 9.59 Å². The van der Waals surface area contributed by atoms with Crippen LogP contribution in [-0.2, 0) is 13.0 Å². The number of carbonyl (C=O) groups excluding carboxylic acids is 1. The predicted molar refractivity (Wildman–Crippen MR) is 151 cm³/mol. The molecule has 0 saturated carbocycles. The number of amides is 1. The van der Waals surface area contributed by atoms with Crippen molar-refractivity contribution in [2.75, 3.05) is 13.2 Å². The average Bonchev–Trinajstić information content (AvgIpc) is 3.33. The van der Waals surface area contributed by atoms with Gasteiger partial charge in [0.2, 0.25) is 0 Å². The Kier molecular flexibility index (Phi) is 7.79. The largest absolute Gasteiger partial charge is 0.494 e. The quantitative estimate of drug-likeness (QED) is 0.202. The van der Waals surface area contributed by atoms with Crippen molar-refractivity contribution in [2.45, 2.75) is 26.4 Å². The second kappa shape index (κ2) is 11.6. The molecule has 0 atom stereocenters. The molecule has 0 aliphatic carbocycles. The number of nitrogens with one attached hydrogen (secondary N) is 2. The number of halogens is 1. The van der Waals surface area contributed by atoms with Crippen LogP contribution >= 0.6 is 15.9 Å². The summed E-state index contributed by atoms with van der Waals surface area (Å²) in [7, 11) is 0. The number of carbonyl (C=O) groups is 1. The molecular weight excluding hydrogens is 548 g/mol. The molecule has 5 aromatic rings. The van der Waals surface area contributed by atoms with Crippen molar-refractivity contribution >= 4 is 43.7 Å². The molecule has 7 nitrogen and oxygen atoms in total. The SMILES string of the molecule is CCCOc1ccc2[nH]cc(CCNC(=O)c3cc(=O)c4c(OCc5ccc(Br)cc5)cccc4o3)c2c1. The van der Waals surface area contributed by atoms with Crippen molar-refractivity contribution in [3.63, 3.8) is 0 Å². The second-order valence-corrected chi connectivity index (χ2v) is 9.81. The van der Waals surface area contributed by atoms with Crippen LogP contribution in [0.5, 0.6) is 11.5 Å². The molecule has 0 aliphatic rings. The standard InChI is InChI=1S/C30H27BrN2O5/c1-2-14-36-22-10-11-24-23(15-22)20(17-33-24)12-13-32-30(35)28-16-25(34)29-26(4-3-5-27(29)38-28)37-18-19-6-8-21(31)9-7-19/h3-11,15-17,33H,2,12-14,18H2,1H3,(H,32,35). The molecule has 0 unspecified atom stereocenters. The van der Waals surface area contributed by atoms with E-state index in [1.54, 1.807) is 18.2 Å². The lowest BCUT2D eigenvalue weighted by atomic mass is 10.1. The highest BCUT2D eigenvalue weighted by Gasteiger charge is 2.15. The fourth-order valence-corrected chi connectivity index (χ4v) is 4.49. The normalized spacial score (nSPS) is 11.1. The zero-order chi connectivity index (χ0) is 26.5. The molecule has 8 heteroatoms. The lowest BCUT2D eigenvalue weighted by Crippen LogP contribution is -2.26. The number of H-pyrrole nitrogens is 1. The first kappa shape index (κ1) is 25.6. The highest BCUT2D eigenvalue weighted by molar-refractivity contribution is 9.10. The van der Waals surface area contributed by atoms with Crippen LogP contribution in [0.25, 0.3) is 21.9 Å². The molecule has 0 saturated heterocycles. The minimum absolute atomic E-state index is 0.0401. The Bertz CT molecular complexity index is 1640. The third-order valence-electron chi connectivity index (χ3n) is 6.14. The Hall–Kier alpha value is -4.04. The van der Waals surface area contributed by atoms with Crippen LogP contribution in [0.4, 0.5) is 0 Å². The van der Waals surface area contributed by atoms with E-state index in [1.807, 2.05) is 48.7 Å². The average molecular weight is 575 g/mol. The summed E-state index contributed by atoms with van der Waals surface area (Å²) < 4.78 is 18.4. The van der Waals surface area contributed by atoms with Gasteiger partial charge in [0.15, 0.2) is 11.2 Å². The maximum atomic E-state index is 13.0. The van der Waals surface area contributed by atoms with Gasteiger partial charge in [0.1, 0.15) is 29.1 Å². The lowest BCUT2D eigenvalue weighted by Gasteiger charge is -2.10. The highest BCUT2D eigenvalue weighted by Crippen LogP contribution is 2.26. The summed E-state index contributed by atoms with van der Waals surface area (Å²) in [6, 6.07) is 20.0. The molecule has 194 valence electrons. The summed E-state index contributed by atoms with van der Waals surface area (Å²) >= 11 is 3.41. The minimum atomic E-state index is -0.447. The van der Waals surface area contributed by atoms with E-state index >= 15 is 0 Å². The molecule has 0 aliphatic heterocycles. The molecular formula is C30H27BrN2O5. The first-order valence-corrected chi connectivity index (χ1v) is 13.3. The molecule has 38 heavy (non-hydrogen) atoms. The number of rotatable bonds is 10. The predicted octanol–water partition coefficient (Wildman–Crippen LogP) is 6.38. The molecule has 3 aromatic carbocycles. The topological polar surface area (TPSA) is 93.6 Å². The van der Waals surface area contributed by atoms with Crippen LogP contribution in [0.15, 0.2) is 86.6 Å². The van der Waals surface area contributed by atoms with Gasteiger partial charge in [0.25, 0.3) is 5.91 Å². The van der Waals surface area contributed by atoms with Crippen molar-refractivity contribution in [1.29, 1.82) is 0 Å². The van der Waals surface area contributed by atoms with Gasteiger partial charge in [-0.25, -0.2) is 0 Å². The minimum Gasteiger partial charge on any atom is -0.494 e. The Balaban J connectivity index is 1.26. The molecule has 0 fully saturated rings. The van der Waals surface area contributed by atoms with Crippen LogP contribution in [0, 0.1) is 0 Å². The van der Waals surface area contributed by atoms with Crippen molar-refractivity contribution in [2.24, 2.45) is 0 Å². The summed E-state index contributed by atoms with van der Waals surface area (Å²) in [5.74, 6) is 0.744. The molecule has 5 rings (SSSR count). The van der Waals surface area contributed by atoms with Crippen molar-refractivity contribution in [3.8, 4) is 11.5 Å². The number of hydrogen-bond donors (Lipinski definition) is 2. The fourth-order valence-electron chi connectivity index (χ4n) is 4.22. The van der Waals surface area contributed by atoms with E-state index in [4.69, 9.17) is 13.9 Å². The van der Waals surface area contributed by atoms with Gasteiger partial charge in [-0.15, -0.1) is 0 Å². The van der Waals surface area contributed by atoms with Crippen LogP contribution in [0.2, 0.25) is 0 Å². The Morgan fingerprint density at radius 1 is 1.05 bits per heavy atom. The molecule has 1 amide bonds. The summed E-state index contributed by atoms with van der Waals surface area (Å²) in [4.78, 5) is 29.0. The van der Waals surface area contributed by atoms with Gasteiger partial charge in [-0.2, -0.15) is 0 Å². The van der Waals surface area contributed by atoms with E-state index in [9.17, 15) is 9.59 Å². The van der Waals surface area contributed by atoms with Gasteiger partial charge in [-0.05, 0) is 66.4 Å². The van der Waals surface area contributed by atoms with E-state index in [-0.39, 0.29) is 11.2 Å². The van der Waals surface area contributed by atoms with E-state index < -0.39 is 5.91 Å². The third kappa shape index (κ3) is 5.75. The zero-order valence-corrected chi connectivity index (χ0v) is 22.5. The third-order valence-corrected chi connectivity index (χ3v) is 6.67. The van der Waals surface area contributed by atoms with Gasteiger partial charge in [0.05, 0.1) is 6.61 Å². The van der Waals surface area contributed by atoms with E-state index in [1.165, 1.54) is 6.07 Å². The van der Waals surface area contributed by atoms with Crippen LogP contribution in [0.1, 0.15) is 35.0 Å². The highest BCUT2D eigenvalue weighted by atomic mass is 79.9. The van der Waals surface area contributed by atoms with Gasteiger partial charge in [0, 0.05) is 34.2 Å². The number of benzene rings is 3. The fraction of sp³-hybridized carbons (Fsp3) is 0.200. The van der Waals surface area contributed by atoms with Gasteiger partial charge >= 0.3 is 0 Å². The summed E-state index contributed by atoms with van der Waals surface area (Å²) in [6.07, 6.45) is 3.48. The molecule has 0 radical (unpaired) electrons. The molecule has 0 spiro atoms. The molecule has 0 bridgehead atoms. The van der Waals surface area contributed by atoms with E-state index in [0.29, 0.717) is 42.9 Å². The first-order valence-electron chi connectivity index (χ1n) is 12.5.